The predicted octanol–water partition coefficient (Wildman–Crippen LogP) is 4.36. The molecule has 6 heteroatoms. The molecule has 1 aliphatic heterocycles. The largest absolute Gasteiger partial charge is 0.381 e. The molecule has 2 fully saturated rings. The van der Waals surface area contributed by atoms with Gasteiger partial charge in [-0.3, -0.25) is 10.0 Å². The number of ether oxygens (including phenoxy) is 1. The van der Waals surface area contributed by atoms with Crippen molar-refractivity contribution >= 4 is 16.9 Å². The smallest absolute Gasteiger partial charge is 0.277 e. The quantitative estimate of drug-likeness (QED) is 0.506. The van der Waals surface area contributed by atoms with E-state index in [0.29, 0.717) is 37.5 Å². The van der Waals surface area contributed by atoms with Gasteiger partial charge in [0.05, 0.1) is 17.1 Å². The standard InChI is InChI=1S/C24H27N3O3/c28-24(27(29)20-12-14-30-15-13-20)19-10-8-17(9-11-19)16-26-22-7-2-1-6-21(22)25-23(26)18-4-3-5-18/h1-2,6-11,18,20,29H,3-5,12-16H2. The highest BCUT2D eigenvalue weighted by Crippen LogP contribution is 2.37. The van der Waals surface area contributed by atoms with Gasteiger partial charge in [0.1, 0.15) is 5.82 Å². The molecule has 3 aromatic rings. The summed E-state index contributed by atoms with van der Waals surface area (Å²) in [4.78, 5) is 17.6. The van der Waals surface area contributed by atoms with Gasteiger partial charge in [0, 0.05) is 31.2 Å². The Balaban J connectivity index is 1.36. The number of imidazole rings is 1. The molecule has 6 nitrogen and oxygen atoms in total. The summed E-state index contributed by atoms with van der Waals surface area (Å²) in [6.07, 6.45) is 5.01. The van der Waals surface area contributed by atoms with Crippen molar-refractivity contribution in [3.8, 4) is 0 Å². The summed E-state index contributed by atoms with van der Waals surface area (Å²) in [6, 6.07) is 15.7. The van der Waals surface area contributed by atoms with Crippen LogP contribution in [0, 0.1) is 0 Å². The van der Waals surface area contributed by atoms with Crippen molar-refractivity contribution in [1.82, 2.24) is 14.6 Å². The molecule has 2 aliphatic rings. The minimum absolute atomic E-state index is 0.173. The number of rotatable bonds is 5. The maximum absolute atomic E-state index is 12.7. The number of fused-ring (bicyclic) bond motifs is 1. The maximum atomic E-state index is 12.7. The monoisotopic (exact) mass is 405 g/mol. The predicted molar refractivity (Wildman–Crippen MR) is 114 cm³/mol. The lowest BCUT2D eigenvalue weighted by Crippen LogP contribution is -2.41. The van der Waals surface area contributed by atoms with Crippen molar-refractivity contribution < 1.29 is 14.7 Å². The fourth-order valence-corrected chi connectivity index (χ4v) is 4.40. The van der Waals surface area contributed by atoms with Crippen LogP contribution in [-0.2, 0) is 11.3 Å². The number of aromatic nitrogens is 2. The molecule has 156 valence electrons. The Morgan fingerprint density at radius 2 is 1.80 bits per heavy atom. The first-order valence-corrected chi connectivity index (χ1v) is 10.8. The minimum Gasteiger partial charge on any atom is -0.381 e. The van der Waals surface area contributed by atoms with E-state index in [2.05, 4.69) is 22.8 Å². The first kappa shape index (κ1) is 19.3. The number of benzene rings is 2. The molecule has 0 spiro atoms. The summed E-state index contributed by atoms with van der Waals surface area (Å²) in [5.74, 6) is 1.36. The Hall–Kier alpha value is -2.70. The van der Waals surface area contributed by atoms with Gasteiger partial charge in [-0.1, -0.05) is 30.7 Å². The van der Waals surface area contributed by atoms with E-state index < -0.39 is 0 Å². The summed E-state index contributed by atoms with van der Waals surface area (Å²) < 4.78 is 7.63. The maximum Gasteiger partial charge on any atom is 0.277 e. The van der Waals surface area contributed by atoms with Gasteiger partial charge in [0.15, 0.2) is 0 Å². The molecule has 0 bridgehead atoms. The molecule has 2 aromatic carbocycles. The van der Waals surface area contributed by atoms with Gasteiger partial charge in [-0.05, 0) is 55.5 Å². The highest BCUT2D eigenvalue weighted by atomic mass is 16.5. The van der Waals surface area contributed by atoms with Crippen LogP contribution in [0.25, 0.3) is 11.0 Å². The number of para-hydroxylation sites is 2. The van der Waals surface area contributed by atoms with E-state index in [4.69, 9.17) is 9.72 Å². The SMILES string of the molecule is O=C(c1ccc(Cn2c(C3CCC3)nc3ccccc32)cc1)N(O)C1CCOCC1. The van der Waals surface area contributed by atoms with Crippen LogP contribution in [0.4, 0.5) is 0 Å². The summed E-state index contributed by atoms with van der Waals surface area (Å²) in [5, 5.41) is 11.2. The number of carbonyl (C=O) groups is 1. The summed E-state index contributed by atoms with van der Waals surface area (Å²) in [7, 11) is 0. The molecule has 1 amide bonds. The minimum atomic E-state index is -0.350. The van der Waals surface area contributed by atoms with E-state index in [1.807, 2.05) is 30.3 Å². The first-order chi connectivity index (χ1) is 14.7. The zero-order chi connectivity index (χ0) is 20.5. The molecule has 1 aromatic heterocycles. The van der Waals surface area contributed by atoms with Gasteiger partial charge < -0.3 is 9.30 Å². The lowest BCUT2D eigenvalue weighted by atomic mass is 9.85. The fraction of sp³-hybridized carbons (Fsp3) is 0.417. The lowest BCUT2D eigenvalue weighted by Gasteiger charge is -2.29. The first-order valence-electron chi connectivity index (χ1n) is 10.8. The van der Waals surface area contributed by atoms with Crippen LogP contribution in [0.15, 0.2) is 48.5 Å². The van der Waals surface area contributed by atoms with Gasteiger partial charge in [0.2, 0.25) is 0 Å². The van der Waals surface area contributed by atoms with Crippen LogP contribution < -0.4 is 0 Å². The third-order valence-corrected chi connectivity index (χ3v) is 6.44. The third-order valence-electron chi connectivity index (χ3n) is 6.44. The summed E-state index contributed by atoms with van der Waals surface area (Å²) in [5.41, 5.74) is 3.81. The van der Waals surface area contributed by atoms with Gasteiger partial charge in [-0.25, -0.2) is 10.0 Å². The van der Waals surface area contributed by atoms with Gasteiger partial charge in [0.25, 0.3) is 5.91 Å². The van der Waals surface area contributed by atoms with E-state index in [9.17, 15) is 10.0 Å². The summed E-state index contributed by atoms with van der Waals surface area (Å²) >= 11 is 0. The third kappa shape index (κ3) is 3.61. The average molecular weight is 405 g/mol. The van der Waals surface area contributed by atoms with Crippen molar-refractivity contribution in [2.75, 3.05) is 13.2 Å². The molecule has 1 saturated heterocycles. The lowest BCUT2D eigenvalue weighted by molar-refractivity contribution is -0.112. The summed E-state index contributed by atoms with van der Waals surface area (Å²) in [6.45, 7) is 1.88. The van der Waals surface area contributed by atoms with Crippen molar-refractivity contribution in [3.63, 3.8) is 0 Å². The van der Waals surface area contributed by atoms with Crippen molar-refractivity contribution in [2.45, 2.75) is 50.6 Å². The van der Waals surface area contributed by atoms with Crippen LogP contribution in [0.5, 0.6) is 0 Å². The Morgan fingerprint density at radius 3 is 2.50 bits per heavy atom. The molecule has 0 atom stereocenters. The van der Waals surface area contributed by atoms with E-state index >= 15 is 0 Å². The number of hydrogen-bond acceptors (Lipinski definition) is 4. The molecule has 2 heterocycles. The van der Waals surface area contributed by atoms with Crippen molar-refractivity contribution in [1.29, 1.82) is 0 Å². The molecule has 1 N–H and O–H groups in total. The van der Waals surface area contributed by atoms with Gasteiger partial charge >= 0.3 is 0 Å². The highest BCUT2D eigenvalue weighted by Gasteiger charge is 2.27. The van der Waals surface area contributed by atoms with Crippen LogP contribution in [0.3, 0.4) is 0 Å². The van der Waals surface area contributed by atoms with E-state index in [1.165, 1.54) is 25.1 Å². The Bertz CT molecular complexity index is 1030. The van der Waals surface area contributed by atoms with Crippen molar-refractivity contribution in [2.24, 2.45) is 0 Å². The van der Waals surface area contributed by atoms with Crippen LogP contribution in [-0.4, -0.2) is 45.0 Å². The van der Waals surface area contributed by atoms with E-state index in [-0.39, 0.29) is 11.9 Å². The zero-order valence-electron chi connectivity index (χ0n) is 17.0. The fourth-order valence-electron chi connectivity index (χ4n) is 4.40. The van der Waals surface area contributed by atoms with Gasteiger partial charge in [-0.2, -0.15) is 0 Å². The zero-order valence-corrected chi connectivity index (χ0v) is 17.0. The number of hydroxylamine groups is 2. The Morgan fingerprint density at radius 1 is 1.07 bits per heavy atom. The van der Waals surface area contributed by atoms with E-state index in [0.717, 1.165) is 28.2 Å². The topological polar surface area (TPSA) is 67.6 Å². The van der Waals surface area contributed by atoms with Crippen LogP contribution >= 0.6 is 0 Å². The number of nitrogens with zero attached hydrogens (tertiary/aromatic N) is 3. The molecular weight excluding hydrogens is 378 g/mol. The Kier molecular flexibility index (Phi) is 5.27. The van der Waals surface area contributed by atoms with Gasteiger partial charge in [-0.15, -0.1) is 0 Å². The molecule has 5 rings (SSSR count). The van der Waals surface area contributed by atoms with E-state index in [1.54, 1.807) is 0 Å². The number of carbonyl (C=O) groups excluding carboxylic acids is 1. The molecule has 0 unspecified atom stereocenters. The van der Waals surface area contributed by atoms with Crippen LogP contribution in [0.2, 0.25) is 0 Å². The second-order valence-electron chi connectivity index (χ2n) is 8.36. The molecule has 0 radical (unpaired) electrons. The highest BCUT2D eigenvalue weighted by molar-refractivity contribution is 5.93. The van der Waals surface area contributed by atoms with Crippen LogP contribution in [0.1, 0.15) is 59.8 Å². The molecular formula is C24H27N3O3. The number of amides is 1. The normalized spacial score (nSPS) is 17.8. The molecule has 1 saturated carbocycles. The molecule has 30 heavy (non-hydrogen) atoms. The molecule has 1 aliphatic carbocycles. The Labute approximate surface area is 176 Å². The second-order valence-corrected chi connectivity index (χ2v) is 8.36. The second kappa shape index (κ2) is 8.20. The van der Waals surface area contributed by atoms with Crippen molar-refractivity contribution in [3.05, 3.63) is 65.5 Å². The average Bonchev–Trinajstić information content (AvgIpc) is 3.10. The number of hydrogen-bond donors (Lipinski definition) is 1.